The van der Waals surface area contributed by atoms with Crippen LogP contribution >= 0.6 is 11.6 Å². The normalized spacial score (nSPS) is 21.8. The molecule has 39 heavy (non-hydrogen) atoms. The van der Waals surface area contributed by atoms with E-state index in [0.717, 1.165) is 63.0 Å². The second-order valence-corrected chi connectivity index (χ2v) is 12.1. The molecule has 2 saturated heterocycles. The number of carbonyl (C=O) groups excluding carboxylic acids is 2. The Labute approximate surface area is 234 Å². The molecule has 6 nitrogen and oxygen atoms in total. The molecule has 2 fully saturated rings. The van der Waals surface area contributed by atoms with Crippen LogP contribution in [-0.4, -0.2) is 52.8 Å². The minimum atomic E-state index is 0.0162. The molecule has 7 heteroatoms. The molecule has 4 aliphatic rings. The Hall–Kier alpha value is -3.38. The lowest BCUT2D eigenvalue weighted by atomic mass is 9.71. The number of aromatic nitrogens is 1. The minimum Gasteiger partial charge on any atom is -0.371 e. The summed E-state index contributed by atoms with van der Waals surface area (Å²) in [7, 11) is 0. The van der Waals surface area contributed by atoms with Crippen LogP contribution in [0.3, 0.4) is 0 Å². The van der Waals surface area contributed by atoms with Crippen molar-refractivity contribution in [3.63, 3.8) is 0 Å². The molecule has 2 aromatic carbocycles. The Bertz CT molecular complexity index is 1420. The van der Waals surface area contributed by atoms with Gasteiger partial charge in [-0.25, -0.2) is 0 Å². The summed E-state index contributed by atoms with van der Waals surface area (Å²) in [4.78, 5) is 37.3. The summed E-state index contributed by atoms with van der Waals surface area (Å²) in [6, 6.07) is 16.0. The molecule has 4 heterocycles. The predicted molar refractivity (Wildman–Crippen MR) is 152 cm³/mol. The Morgan fingerprint density at radius 3 is 2.41 bits per heavy atom. The third kappa shape index (κ3) is 4.29. The number of likely N-dealkylation sites (tertiary alicyclic amines) is 1. The number of aryl methyl sites for hydroxylation is 1. The zero-order valence-electron chi connectivity index (χ0n) is 22.1. The highest BCUT2D eigenvalue weighted by atomic mass is 35.5. The third-order valence-electron chi connectivity index (χ3n) is 9.69. The number of pyridine rings is 1. The van der Waals surface area contributed by atoms with Crippen molar-refractivity contribution in [3.05, 3.63) is 93.8 Å². The number of fused-ring (bicyclic) bond motifs is 2. The highest BCUT2D eigenvalue weighted by Crippen LogP contribution is 2.44. The van der Waals surface area contributed by atoms with Gasteiger partial charge in [-0.1, -0.05) is 29.8 Å². The molecule has 200 valence electrons. The van der Waals surface area contributed by atoms with Gasteiger partial charge in [-0.3, -0.25) is 14.6 Å². The monoisotopic (exact) mass is 540 g/mol. The van der Waals surface area contributed by atoms with Crippen LogP contribution in [-0.2, 0) is 13.0 Å². The first-order valence-corrected chi connectivity index (χ1v) is 14.5. The summed E-state index contributed by atoms with van der Waals surface area (Å²) in [6.07, 6.45) is 10.0. The van der Waals surface area contributed by atoms with Gasteiger partial charge in [0.25, 0.3) is 11.8 Å². The lowest BCUT2D eigenvalue weighted by molar-refractivity contribution is 0.0514. The van der Waals surface area contributed by atoms with Crippen molar-refractivity contribution in [1.29, 1.82) is 0 Å². The summed E-state index contributed by atoms with van der Waals surface area (Å²) in [5, 5.41) is 0.529. The van der Waals surface area contributed by atoms with Gasteiger partial charge in [0.1, 0.15) is 0 Å². The van der Waals surface area contributed by atoms with Crippen LogP contribution in [0.1, 0.15) is 75.6 Å². The summed E-state index contributed by atoms with van der Waals surface area (Å²) in [5.74, 6) is 0.157. The number of hydrogen-bond acceptors (Lipinski definition) is 4. The number of hydrogen-bond donors (Lipinski definition) is 0. The standard InChI is InChI=1S/C32H33ClN4O2/c33-27-3-1-2-24-21-37(31(39)29(24)27)28-7-5-22-20-23(4-6-26(22)28)30(38)36-18-12-32(13-19-36)10-16-35(17-11-32)25-8-14-34-15-9-25/h1-4,6,8-9,14-15,20,28H,5,7,10-13,16-19,21H2/t28-/m1/s1. The van der Waals surface area contributed by atoms with Gasteiger partial charge >= 0.3 is 0 Å². The Kier molecular flexibility index (Phi) is 6.11. The SMILES string of the molecule is O=C(c1ccc2c(c1)CC[C@H]2N1Cc2cccc(Cl)c2C1=O)N1CCC2(CC1)CCN(c1ccncc1)CC2. The van der Waals surface area contributed by atoms with Crippen LogP contribution in [0.4, 0.5) is 5.69 Å². The van der Waals surface area contributed by atoms with Crippen molar-refractivity contribution in [2.75, 3.05) is 31.1 Å². The summed E-state index contributed by atoms with van der Waals surface area (Å²) in [5.41, 5.74) is 6.39. The predicted octanol–water partition coefficient (Wildman–Crippen LogP) is 5.90. The molecule has 0 unspecified atom stereocenters. The molecule has 0 bridgehead atoms. The number of rotatable bonds is 3. The lowest BCUT2D eigenvalue weighted by Gasteiger charge is -2.47. The fourth-order valence-corrected chi connectivity index (χ4v) is 7.58. The van der Waals surface area contributed by atoms with Crippen LogP contribution in [0.2, 0.25) is 5.02 Å². The first-order valence-electron chi connectivity index (χ1n) is 14.2. The van der Waals surface area contributed by atoms with E-state index >= 15 is 0 Å². The van der Waals surface area contributed by atoms with Gasteiger partial charge < -0.3 is 14.7 Å². The largest absolute Gasteiger partial charge is 0.371 e. The number of carbonyl (C=O) groups is 2. The van der Waals surface area contributed by atoms with Gasteiger partial charge in [0.2, 0.25) is 0 Å². The Morgan fingerprint density at radius 1 is 0.923 bits per heavy atom. The van der Waals surface area contributed by atoms with Crippen molar-refractivity contribution < 1.29 is 9.59 Å². The number of piperidine rings is 2. The molecule has 7 rings (SSSR count). The van der Waals surface area contributed by atoms with E-state index in [1.54, 1.807) is 6.07 Å². The smallest absolute Gasteiger partial charge is 0.256 e. The van der Waals surface area contributed by atoms with Crippen molar-refractivity contribution >= 4 is 29.1 Å². The van der Waals surface area contributed by atoms with Crippen LogP contribution < -0.4 is 4.90 Å². The van der Waals surface area contributed by atoms with Crippen LogP contribution in [0.15, 0.2) is 60.9 Å². The maximum atomic E-state index is 13.5. The number of benzene rings is 2. The molecule has 1 spiro atoms. The molecule has 1 aliphatic carbocycles. The van der Waals surface area contributed by atoms with Crippen LogP contribution in [0, 0.1) is 5.41 Å². The van der Waals surface area contributed by atoms with E-state index in [4.69, 9.17) is 11.6 Å². The maximum Gasteiger partial charge on any atom is 0.256 e. The fraction of sp³-hybridized carbons (Fsp3) is 0.406. The van der Waals surface area contributed by atoms with Crippen molar-refractivity contribution in [2.45, 2.75) is 51.1 Å². The number of amides is 2. The molecular weight excluding hydrogens is 508 g/mol. The highest BCUT2D eigenvalue weighted by molar-refractivity contribution is 6.34. The van der Waals surface area contributed by atoms with Crippen LogP contribution in [0.5, 0.6) is 0 Å². The van der Waals surface area contributed by atoms with E-state index in [-0.39, 0.29) is 17.9 Å². The van der Waals surface area contributed by atoms with Crippen molar-refractivity contribution in [3.8, 4) is 0 Å². The van der Waals surface area contributed by atoms with Crippen molar-refractivity contribution in [1.82, 2.24) is 14.8 Å². The molecular formula is C32H33ClN4O2. The van der Waals surface area contributed by atoms with Crippen LogP contribution in [0.25, 0.3) is 0 Å². The van der Waals surface area contributed by atoms with Gasteiger partial charge in [0, 0.05) is 56.4 Å². The molecule has 0 saturated carbocycles. The molecule has 1 aromatic heterocycles. The highest BCUT2D eigenvalue weighted by Gasteiger charge is 2.40. The van der Waals surface area contributed by atoms with E-state index in [0.29, 0.717) is 22.5 Å². The zero-order chi connectivity index (χ0) is 26.6. The second-order valence-electron chi connectivity index (χ2n) is 11.7. The topological polar surface area (TPSA) is 56.8 Å². The third-order valence-corrected chi connectivity index (χ3v) is 10.0. The first kappa shape index (κ1) is 24.6. The molecule has 2 amide bonds. The quantitative estimate of drug-likeness (QED) is 0.415. The summed E-state index contributed by atoms with van der Waals surface area (Å²) in [6.45, 7) is 4.39. The fourth-order valence-electron chi connectivity index (χ4n) is 7.30. The van der Waals surface area contributed by atoms with Gasteiger partial charge in [-0.2, -0.15) is 0 Å². The molecule has 0 radical (unpaired) electrons. The second kappa shape index (κ2) is 9.67. The number of halogens is 1. The molecule has 3 aliphatic heterocycles. The molecule has 3 aromatic rings. The van der Waals surface area contributed by atoms with E-state index in [2.05, 4.69) is 39.0 Å². The zero-order valence-corrected chi connectivity index (χ0v) is 22.9. The lowest BCUT2D eigenvalue weighted by Crippen LogP contribution is -2.48. The minimum absolute atomic E-state index is 0.0162. The molecule has 1 atom stereocenters. The first-order chi connectivity index (χ1) is 19.0. The van der Waals surface area contributed by atoms with E-state index in [1.165, 1.54) is 29.7 Å². The summed E-state index contributed by atoms with van der Waals surface area (Å²) < 4.78 is 0. The number of nitrogens with zero attached hydrogens (tertiary/aromatic N) is 4. The van der Waals surface area contributed by atoms with Gasteiger partial charge in [0.15, 0.2) is 0 Å². The van der Waals surface area contributed by atoms with Crippen molar-refractivity contribution in [2.24, 2.45) is 5.41 Å². The molecule has 0 N–H and O–H groups in total. The van der Waals surface area contributed by atoms with Gasteiger partial charge in [0.05, 0.1) is 16.6 Å². The average molecular weight is 541 g/mol. The average Bonchev–Trinajstić information content (AvgIpc) is 3.54. The Balaban J connectivity index is 0.993. The van der Waals surface area contributed by atoms with Gasteiger partial charge in [-0.15, -0.1) is 0 Å². The van der Waals surface area contributed by atoms with E-state index in [9.17, 15) is 9.59 Å². The number of anilines is 1. The Morgan fingerprint density at radius 2 is 1.67 bits per heavy atom. The van der Waals surface area contributed by atoms with E-state index < -0.39 is 0 Å². The summed E-state index contributed by atoms with van der Waals surface area (Å²) >= 11 is 6.35. The van der Waals surface area contributed by atoms with E-state index in [1.807, 2.05) is 35.5 Å². The maximum absolute atomic E-state index is 13.5. The van der Waals surface area contributed by atoms with Gasteiger partial charge in [-0.05, 0) is 91.0 Å².